The van der Waals surface area contributed by atoms with Crippen molar-refractivity contribution in [2.45, 2.75) is 37.8 Å². The van der Waals surface area contributed by atoms with Crippen molar-refractivity contribution in [3.63, 3.8) is 0 Å². The van der Waals surface area contributed by atoms with Gasteiger partial charge < -0.3 is 5.32 Å². The number of fused-ring (bicyclic) bond motifs is 2. The second kappa shape index (κ2) is 4.69. The molecule has 0 amide bonds. The number of piperidine rings is 1. The van der Waals surface area contributed by atoms with Gasteiger partial charge in [-0.1, -0.05) is 36.9 Å². The Morgan fingerprint density at radius 2 is 1.89 bits per heavy atom. The van der Waals surface area contributed by atoms with Gasteiger partial charge in [-0.2, -0.15) is 0 Å². The van der Waals surface area contributed by atoms with Crippen molar-refractivity contribution >= 4 is 11.9 Å². The molecule has 2 unspecified atom stereocenters. The first-order valence-electron chi connectivity index (χ1n) is 6.79. The van der Waals surface area contributed by atoms with Crippen LogP contribution in [0.2, 0.25) is 0 Å². The van der Waals surface area contributed by atoms with E-state index in [0.717, 1.165) is 24.0 Å². The SMILES string of the molecule is C=Cc1ccccc1C(=O)C1CC2CCC(C1)N2. The molecule has 2 fully saturated rings. The number of rotatable bonds is 3. The van der Waals surface area contributed by atoms with Crippen LogP contribution in [0.5, 0.6) is 0 Å². The van der Waals surface area contributed by atoms with E-state index < -0.39 is 0 Å². The molecule has 2 nitrogen and oxygen atoms in total. The van der Waals surface area contributed by atoms with Crippen LogP contribution in [0.25, 0.3) is 6.08 Å². The first kappa shape index (κ1) is 11.7. The number of hydrogen-bond donors (Lipinski definition) is 1. The van der Waals surface area contributed by atoms with Crippen LogP contribution in [-0.4, -0.2) is 17.9 Å². The maximum atomic E-state index is 12.6. The zero-order valence-corrected chi connectivity index (χ0v) is 10.6. The summed E-state index contributed by atoms with van der Waals surface area (Å²) in [5, 5.41) is 3.58. The third kappa shape index (κ3) is 2.01. The number of carbonyl (C=O) groups is 1. The van der Waals surface area contributed by atoms with Crippen LogP contribution in [-0.2, 0) is 0 Å². The molecule has 18 heavy (non-hydrogen) atoms. The summed E-state index contributed by atoms with van der Waals surface area (Å²) in [5.74, 6) is 0.508. The topological polar surface area (TPSA) is 29.1 Å². The number of ketones is 1. The normalized spacial score (nSPS) is 30.1. The maximum absolute atomic E-state index is 12.6. The van der Waals surface area contributed by atoms with Gasteiger partial charge in [-0.3, -0.25) is 4.79 Å². The molecule has 1 N–H and O–H groups in total. The Morgan fingerprint density at radius 3 is 2.56 bits per heavy atom. The fraction of sp³-hybridized carbons (Fsp3) is 0.438. The Bertz CT molecular complexity index is 468. The lowest BCUT2D eigenvalue weighted by molar-refractivity contribution is 0.0875. The number of carbonyl (C=O) groups excluding carboxylic acids is 1. The van der Waals surface area contributed by atoms with Gasteiger partial charge in [0.05, 0.1) is 0 Å². The Labute approximate surface area is 108 Å². The zero-order chi connectivity index (χ0) is 12.5. The van der Waals surface area contributed by atoms with Gasteiger partial charge in [0.25, 0.3) is 0 Å². The lowest BCUT2D eigenvalue weighted by Gasteiger charge is -2.28. The van der Waals surface area contributed by atoms with E-state index in [2.05, 4.69) is 11.9 Å². The standard InChI is InChI=1S/C16H19NO/c1-2-11-5-3-4-6-15(11)16(18)12-9-13-7-8-14(10-12)17-13/h2-6,12-14,17H,1,7-10H2. The average Bonchev–Trinajstić information content (AvgIpc) is 2.76. The summed E-state index contributed by atoms with van der Waals surface area (Å²) in [6.45, 7) is 3.80. The minimum absolute atomic E-state index is 0.199. The first-order valence-corrected chi connectivity index (χ1v) is 6.79. The smallest absolute Gasteiger partial charge is 0.166 e. The van der Waals surface area contributed by atoms with Crippen LogP contribution in [0.3, 0.4) is 0 Å². The molecule has 1 aromatic rings. The minimum Gasteiger partial charge on any atom is -0.311 e. The van der Waals surface area contributed by atoms with E-state index in [0.29, 0.717) is 17.9 Å². The minimum atomic E-state index is 0.199. The van der Waals surface area contributed by atoms with Crippen LogP contribution in [0, 0.1) is 5.92 Å². The quantitative estimate of drug-likeness (QED) is 0.824. The van der Waals surface area contributed by atoms with Crippen molar-refractivity contribution in [3.05, 3.63) is 42.0 Å². The molecule has 1 aromatic carbocycles. The first-order chi connectivity index (χ1) is 8.78. The summed E-state index contributed by atoms with van der Waals surface area (Å²) in [5.41, 5.74) is 1.81. The number of nitrogens with one attached hydrogen (secondary N) is 1. The van der Waals surface area contributed by atoms with Crippen LogP contribution in [0.4, 0.5) is 0 Å². The largest absolute Gasteiger partial charge is 0.311 e. The monoisotopic (exact) mass is 241 g/mol. The van der Waals surface area contributed by atoms with Crippen molar-refractivity contribution in [3.8, 4) is 0 Å². The third-order valence-electron chi connectivity index (χ3n) is 4.29. The second-order valence-electron chi connectivity index (χ2n) is 5.46. The average molecular weight is 241 g/mol. The molecule has 0 aromatic heterocycles. The molecule has 94 valence electrons. The summed E-state index contributed by atoms with van der Waals surface area (Å²) < 4.78 is 0. The van der Waals surface area contributed by atoms with E-state index in [9.17, 15) is 4.79 Å². The predicted octanol–water partition coefficient (Wildman–Crippen LogP) is 3.04. The van der Waals surface area contributed by atoms with E-state index in [4.69, 9.17) is 0 Å². The molecule has 0 saturated carbocycles. The molecular weight excluding hydrogens is 222 g/mol. The summed E-state index contributed by atoms with van der Waals surface area (Å²) in [4.78, 5) is 12.6. The van der Waals surface area contributed by atoms with Crippen molar-refractivity contribution in [1.29, 1.82) is 0 Å². The Kier molecular flexibility index (Phi) is 3.04. The summed E-state index contributed by atoms with van der Waals surface area (Å²) in [6.07, 6.45) is 6.25. The molecule has 0 spiro atoms. The Balaban J connectivity index is 1.84. The Morgan fingerprint density at radius 1 is 1.22 bits per heavy atom. The second-order valence-corrected chi connectivity index (χ2v) is 5.46. The molecule has 2 heterocycles. The van der Waals surface area contributed by atoms with Crippen molar-refractivity contribution in [2.24, 2.45) is 5.92 Å². The maximum Gasteiger partial charge on any atom is 0.166 e. The summed E-state index contributed by atoms with van der Waals surface area (Å²) in [7, 11) is 0. The van der Waals surface area contributed by atoms with Gasteiger partial charge in [-0.05, 0) is 31.2 Å². The highest BCUT2D eigenvalue weighted by atomic mass is 16.1. The van der Waals surface area contributed by atoms with Crippen molar-refractivity contribution in [2.75, 3.05) is 0 Å². The molecular formula is C16H19NO. The van der Waals surface area contributed by atoms with Crippen LogP contribution < -0.4 is 5.32 Å². The van der Waals surface area contributed by atoms with E-state index in [1.165, 1.54) is 12.8 Å². The Hall–Kier alpha value is -1.41. The zero-order valence-electron chi connectivity index (χ0n) is 10.6. The van der Waals surface area contributed by atoms with Gasteiger partial charge in [0.1, 0.15) is 0 Å². The van der Waals surface area contributed by atoms with Gasteiger partial charge in [0.2, 0.25) is 0 Å². The highest BCUT2D eigenvalue weighted by Crippen LogP contribution is 2.33. The van der Waals surface area contributed by atoms with E-state index in [1.807, 2.05) is 24.3 Å². The fourth-order valence-electron chi connectivity index (χ4n) is 3.39. The van der Waals surface area contributed by atoms with E-state index in [-0.39, 0.29) is 5.92 Å². The van der Waals surface area contributed by atoms with Gasteiger partial charge in [0.15, 0.2) is 5.78 Å². The van der Waals surface area contributed by atoms with Gasteiger partial charge in [-0.25, -0.2) is 0 Å². The highest BCUT2D eigenvalue weighted by Gasteiger charge is 2.37. The molecule has 0 aliphatic carbocycles. The van der Waals surface area contributed by atoms with Crippen LogP contribution in [0.1, 0.15) is 41.6 Å². The highest BCUT2D eigenvalue weighted by molar-refractivity contribution is 6.01. The lowest BCUT2D eigenvalue weighted by Crippen LogP contribution is -2.40. The molecule has 2 aliphatic heterocycles. The predicted molar refractivity (Wildman–Crippen MR) is 73.5 cm³/mol. The fourth-order valence-corrected chi connectivity index (χ4v) is 3.39. The molecule has 2 bridgehead atoms. The molecule has 2 aliphatic rings. The molecule has 0 radical (unpaired) electrons. The van der Waals surface area contributed by atoms with E-state index >= 15 is 0 Å². The van der Waals surface area contributed by atoms with Crippen LogP contribution >= 0.6 is 0 Å². The number of hydrogen-bond acceptors (Lipinski definition) is 2. The van der Waals surface area contributed by atoms with Crippen LogP contribution in [0.15, 0.2) is 30.8 Å². The van der Waals surface area contributed by atoms with Gasteiger partial charge in [0, 0.05) is 23.6 Å². The molecule has 3 rings (SSSR count). The summed E-state index contributed by atoms with van der Waals surface area (Å²) >= 11 is 0. The van der Waals surface area contributed by atoms with Gasteiger partial charge in [-0.15, -0.1) is 0 Å². The summed E-state index contributed by atoms with van der Waals surface area (Å²) in [6, 6.07) is 8.93. The number of Topliss-reactive ketones (excluding diaryl/α,β-unsaturated/α-hetero) is 1. The van der Waals surface area contributed by atoms with E-state index in [1.54, 1.807) is 6.08 Å². The van der Waals surface area contributed by atoms with Crippen molar-refractivity contribution in [1.82, 2.24) is 5.32 Å². The molecule has 2 atom stereocenters. The lowest BCUT2D eigenvalue weighted by atomic mass is 9.84. The molecule has 2 saturated heterocycles. The third-order valence-corrected chi connectivity index (χ3v) is 4.29. The number of benzene rings is 1. The van der Waals surface area contributed by atoms with Gasteiger partial charge >= 0.3 is 0 Å². The molecule has 2 heteroatoms. The van der Waals surface area contributed by atoms with Crippen molar-refractivity contribution < 1.29 is 4.79 Å².